The number of benzene rings is 1. The Kier molecular flexibility index (Phi) is 5.68. The molecule has 2 rings (SSSR count). The topological polar surface area (TPSA) is 32.3 Å². The first-order valence-corrected chi connectivity index (χ1v) is 7.96. The van der Waals surface area contributed by atoms with E-state index in [4.69, 9.17) is 0 Å². The Morgan fingerprint density at radius 1 is 1.39 bits per heavy atom. The number of nitrogens with one attached hydrogen (secondary N) is 1. The van der Waals surface area contributed by atoms with E-state index in [0.29, 0.717) is 31.1 Å². The van der Waals surface area contributed by atoms with Crippen LogP contribution in [0.15, 0.2) is 24.3 Å². The molecule has 0 bridgehead atoms. The Bertz CT molecular complexity index is 545. The molecule has 1 N–H and O–H groups in total. The molecule has 0 spiro atoms. The molecule has 1 aliphatic rings. The van der Waals surface area contributed by atoms with Crippen LogP contribution in [-0.2, 0) is 17.5 Å². The minimum atomic E-state index is -4.31. The van der Waals surface area contributed by atoms with E-state index in [0.717, 1.165) is 18.9 Å². The number of nitrogens with zero attached hydrogens (tertiary/aromatic N) is 1. The number of carbonyl (C=O) groups excluding carboxylic acids is 1. The lowest BCUT2D eigenvalue weighted by molar-refractivity contribution is -0.137. The molecule has 6 heteroatoms. The maximum absolute atomic E-state index is 12.7. The zero-order valence-corrected chi connectivity index (χ0v) is 13.5. The first-order chi connectivity index (χ1) is 10.8. The summed E-state index contributed by atoms with van der Waals surface area (Å²) in [5, 5.41) is 3.37. The summed E-state index contributed by atoms with van der Waals surface area (Å²) < 4.78 is 38.2. The average molecular weight is 328 g/mol. The predicted molar refractivity (Wildman–Crippen MR) is 82.7 cm³/mol. The van der Waals surface area contributed by atoms with E-state index < -0.39 is 11.7 Å². The number of carbonyl (C=O) groups is 1. The molecule has 0 aromatic heterocycles. The number of likely N-dealkylation sites (tertiary alicyclic amines) is 1. The van der Waals surface area contributed by atoms with Crippen LogP contribution in [0.5, 0.6) is 0 Å². The first-order valence-electron chi connectivity index (χ1n) is 7.96. The molecule has 1 heterocycles. The van der Waals surface area contributed by atoms with Gasteiger partial charge in [-0.3, -0.25) is 4.79 Å². The molecule has 1 aliphatic heterocycles. The Hall–Kier alpha value is -1.56. The molecule has 0 aliphatic carbocycles. The van der Waals surface area contributed by atoms with Gasteiger partial charge in [-0.2, -0.15) is 13.2 Å². The lowest BCUT2D eigenvalue weighted by Crippen LogP contribution is -2.50. The first kappa shape index (κ1) is 17.8. The highest BCUT2D eigenvalue weighted by Crippen LogP contribution is 2.29. The summed E-state index contributed by atoms with van der Waals surface area (Å²) in [5.41, 5.74) is 0.0129. The highest BCUT2D eigenvalue weighted by Gasteiger charge is 2.31. The second kappa shape index (κ2) is 7.34. The molecule has 1 aromatic carbocycles. The van der Waals surface area contributed by atoms with Crippen LogP contribution in [0.1, 0.15) is 37.8 Å². The van der Waals surface area contributed by atoms with Crippen LogP contribution >= 0.6 is 0 Å². The molecular formula is C17H23F3N2O. The van der Waals surface area contributed by atoms with Gasteiger partial charge in [-0.1, -0.05) is 31.5 Å². The highest BCUT2D eigenvalue weighted by molar-refractivity contribution is 5.73. The van der Waals surface area contributed by atoms with Gasteiger partial charge in [-0.05, 0) is 24.0 Å². The maximum Gasteiger partial charge on any atom is 0.416 e. The third kappa shape index (κ3) is 4.70. The Morgan fingerprint density at radius 3 is 2.74 bits per heavy atom. The molecule has 0 unspecified atom stereocenters. The van der Waals surface area contributed by atoms with Crippen molar-refractivity contribution in [1.29, 1.82) is 0 Å². The molecular weight excluding hydrogens is 305 g/mol. The fourth-order valence-electron chi connectivity index (χ4n) is 3.11. The van der Waals surface area contributed by atoms with Crippen LogP contribution in [0.3, 0.4) is 0 Å². The van der Waals surface area contributed by atoms with E-state index in [1.165, 1.54) is 12.1 Å². The standard InChI is InChI=1S/C17H23F3N2O/c1-3-14-11-22(12(2)23)8-7-16(14)21-10-13-5-4-6-15(9-13)17(18,19)20/h4-6,9,14,16,21H,3,7-8,10-11H2,1-2H3/t14-,16-/m1/s1. The van der Waals surface area contributed by atoms with Crippen LogP contribution in [0.2, 0.25) is 0 Å². The van der Waals surface area contributed by atoms with Crippen molar-refractivity contribution in [2.24, 2.45) is 5.92 Å². The van der Waals surface area contributed by atoms with Crippen LogP contribution in [0.4, 0.5) is 13.2 Å². The largest absolute Gasteiger partial charge is 0.416 e. The third-order valence-corrected chi connectivity index (χ3v) is 4.53. The molecule has 1 fully saturated rings. The van der Waals surface area contributed by atoms with Crippen LogP contribution in [0.25, 0.3) is 0 Å². The molecule has 1 aromatic rings. The molecule has 0 radical (unpaired) electrons. The van der Waals surface area contributed by atoms with Gasteiger partial charge in [0.25, 0.3) is 0 Å². The van der Waals surface area contributed by atoms with Crippen LogP contribution < -0.4 is 5.32 Å². The summed E-state index contributed by atoms with van der Waals surface area (Å²) >= 11 is 0. The molecule has 2 atom stereocenters. The number of amides is 1. The normalized spacial score (nSPS) is 22.2. The van der Waals surface area contributed by atoms with E-state index in [1.807, 2.05) is 4.90 Å². The van der Waals surface area contributed by atoms with Gasteiger partial charge in [-0.25, -0.2) is 0 Å². The second-order valence-corrected chi connectivity index (χ2v) is 6.11. The molecule has 128 valence electrons. The molecule has 3 nitrogen and oxygen atoms in total. The van der Waals surface area contributed by atoms with E-state index >= 15 is 0 Å². The minimum absolute atomic E-state index is 0.0831. The van der Waals surface area contributed by atoms with E-state index in [-0.39, 0.29) is 11.9 Å². The van der Waals surface area contributed by atoms with Crippen LogP contribution in [-0.4, -0.2) is 29.9 Å². The van der Waals surface area contributed by atoms with Gasteiger partial charge >= 0.3 is 6.18 Å². The number of hydrogen-bond acceptors (Lipinski definition) is 2. The van der Waals surface area contributed by atoms with Crippen molar-refractivity contribution >= 4 is 5.91 Å². The van der Waals surface area contributed by atoms with E-state index in [1.54, 1.807) is 13.0 Å². The zero-order chi connectivity index (χ0) is 17.0. The van der Waals surface area contributed by atoms with Gasteiger partial charge < -0.3 is 10.2 Å². The van der Waals surface area contributed by atoms with Gasteiger partial charge in [0.15, 0.2) is 0 Å². The minimum Gasteiger partial charge on any atom is -0.343 e. The zero-order valence-electron chi connectivity index (χ0n) is 13.5. The molecule has 0 saturated carbocycles. The number of rotatable bonds is 4. The van der Waals surface area contributed by atoms with Crippen molar-refractivity contribution in [2.45, 2.75) is 45.5 Å². The summed E-state index contributed by atoms with van der Waals surface area (Å²) in [6.45, 7) is 5.47. The lowest BCUT2D eigenvalue weighted by atomic mass is 9.89. The van der Waals surface area contributed by atoms with E-state index in [9.17, 15) is 18.0 Å². The fraction of sp³-hybridized carbons (Fsp3) is 0.588. The lowest BCUT2D eigenvalue weighted by Gasteiger charge is -2.38. The monoisotopic (exact) mass is 328 g/mol. The average Bonchev–Trinajstić information content (AvgIpc) is 2.52. The summed E-state index contributed by atoms with van der Waals surface area (Å²) in [7, 11) is 0. The number of halogens is 3. The molecule has 1 amide bonds. The van der Waals surface area contributed by atoms with Crippen molar-refractivity contribution in [3.8, 4) is 0 Å². The third-order valence-electron chi connectivity index (χ3n) is 4.53. The fourth-order valence-corrected chi connectivity index (χ4v) is 3.11. The van der Waals surface area contributed by atoms with Crippen molar-refractivity contribution in [1.82, 2.24) is 10.2 Å². The summed E-state index contributed by atoms with van der Waals surface area (Å²) in [4.78, 5) is 13.3. The van der Waals surface area contributed by atoms with E-state index in [2.05, 4.69) is 12.2 Å². The summed E-state index contributed by atoms with van der Waals surface area (Å²) in [6, 6.07) is 5.65. The van der Waals surface area contributed by atoms with Gasteiger partial charge in [0.2, 0.25) is 5.91 Å². The van der Waals surface area contributed by atoms with Crippen LogP contribution in [0, 0.1) is 5.92 Å². The quantitative estimate of drug-likeness (QED) is 0.918. The Labute approximate surface area is 134 Å². The smallest absolute Gasteiger partial charge is 0.343 e. The van der Waals surface area contributed by atoms with Crippen molar-refractivity contribution in [3.63, 3.8) is 0 Å². The summed E-state index contributed by atoms with van der Waals surface area (Å²) in [5.74, 6) is 0.415. The highest BCUT2D eigenvalue weighted by atomic mass is 19.4. The SMILES string of the molecule is CC[C@@H]1CN(C(C)=O)CC[C@H]1NCc1cccc(C(F)(F)F)c1. The van der Waals surface area contributed by atoms with Gasteiger partial charge in [0.05, 0.1) is 5.56 Å². The Morgan fingerprint density at radius 2 is 2.13 bits per heavy atom. The van der Waals surface area contributed by atoms with Gasteiger partial charge in [-0.15, -0.1) is 0 Å². The Balaban J connectivity index is 1.96. The number of piperidine rings is 1. The molecule has 23 heavy (non-hydrogen) atoms. The van der Waals surface area contributed by atoms with Gasteiger partial charge in [0, 0.05) is 32.6 Å². The van der Waals surface area contributed by atoms with Gasteiger partial charge in [0.1, 0.15) is 0 Å². The molecule has 1 saturated heterocycles. The summed E-state index contributed by atoms with van der Waals surface area (Å²) in [6.07, 6.45) is -2.55. The predicted octanol–water partition coefficient (Wildman–Crippen LogP) is 3.44. The number of alkyl halides is 3. The number of hydrogen-bond donors (Lipinski definition) is 1. The van der Waals surface area contributed by atoms with Crippen molar-refractivity contribution in [2.75, 3.05) is 13.1 Å². The van der Waals surface area contributed by atoms with Crippen molar-refractivity contribution in [3.05, 3.63) is 35.4 Å². The second-order valence-electron chi connectivity index (χ2n) is 6.11. The van der Waals surface area contributed by atoms with Crippen molar-refractivity contribution < 1.29 is 18.0 Å². The maximum atomic E-state index is 12.7.